The first kappa shape index (κ1) is 21.6. The quantitative estimate of drug-likeness (QED) is 0.718. The van der Waals surface area contributed by atoms with Crippen LogP contribution in [0.15, 0.2) is 0 Å². The lowest BCUT2D eigenvalue weighted by Gasteiger charge is -2.32. The Bertz CT molecular complexity index is 644. The van der Waals surface area contributed by atoms with Crippen molar-refractivity contribution in [1.29, 1.82) is 0 Å². The highest BCUT2D eigenvalue weighted by atomic mass is 32.2. The number of piperidine rings is 1. The van der Waals surface area contributed by atoms with E-state index < -0.39 is 15.8 Å². The zero-order chi connectivity index (χ0) is 20.1. The topological polar surface area (TPSA) is 86.8 Å². The second kappa shape index (κ2) is 9.57. The molecule has 3 aliphatic rings. The van der Waals surface area contributed by atoms with E-state index in [-0.39, 0.29) is 17.9 Å². The van der Waals surface area contributed by atoms with Crippen molar-refractivity contribution in [3.8, 4) is 0 Å². The second-order valence-corrected chi connectivity index (χ2v) is 10.7. The minimum absolute atomic E-state index is 0.0312. The Balaban J connectivity index is 1.40. The van der Waals surface area contributed by atoms with E-state index in [1.807, 2.05) is 4.90 Å². The Kier molecular flexibility index (Phi) is 7.36. The highest BCUT2D eigenvalue weighted by molar-refractivity contribution is 7.90. The van der Waals surface area contributed by atoms with Crippen LogP contribution in [-0.2, 0) is 19.6 Å². The number of hydrogen-bond donors (Lipinski definition) is 1. The maximum Gasteiger partial charge on any atom is 0.239 e. The Labute approximate surface area is 169 Å². The standard InChI is InChI=1S/C20H35N3O4S/c1-16-4-6-18(7-5-16)21-28(26,27)15-20(25)23-12-8-17(9-13-23)14-19(24)22-10-2-3-11-22/h16-18,21H,2-15H2,1H3. The first-order valence-electron chi connectivity index (χ1n) is 10.9. The van der Waals surface area contributed by atoms with Gasteiger partial charge in [0, 0.05) is 38.6 Å². The van der Waals surface area contributed by atoms with Crippen molar-refractivity contribution in [1.82, 2.24) is 14.5 Å². The summed E-state index contributed by atoms with van der Waals surface area (Å²) in [7, 11) is -3.59. The average molecular weight is 414 g/mol. The van der Waals surface area contributed by atoms with E-state index in [9.17, 15) is 18.0 Å². The van der Waals surface area contributed by atoms with Gasteiger partial charge in [-0.3, -0.25) is 9.59 Å². The maximum absolute atomic E-state index is 12.5. The van der Waals surface area contributed by atoms with Gasteiger partial charge in [-0.2, -0.15) is 0 Å². The molecule has 3 fully saturated rings. The summed E-state index contributed by atoms with van der Waals surface area (Å²) in [5, 5.41) is 0. The van der Waals surface area contributed by atoms with Crippen molar-refractivity contribution >= 4 is 21.8 Å². The van der Waals surface area contributed by atoms with Crippen molar-refractivity contribution < 1.29 is 18.0 Å². The van der Waals surface area contributed by atoms with Gasteiger partial charge in [-0.1, -0.05) is 6.92 Å². The number of hydrogen-bond acceptors (Lipinski definition) is 4. The molecule has 0 unspecified atom stereocenters. The van der Waals surface area contributed by atoms with Gasteiger partial charge in [0.2, 0.25) is 21.8 Å². The molecule has 2 aliphatic heterocycles. The number of carbonyl (C=O) groups is 2. The molecule has 0 atom stereocenters. The van der Waals surface area contributed by atoms with Crippen molar-refractivity contribution in [2.45, 2.75) is 70.8 Å². The number of sulfonamides is 1. The van der Waals surface area contributed by atoms with Gasteiger partial charge in [0.1, 0.15) is 5.75 Å². The molecule has 8 heteroatoms. The fourth-order valence-corrected chi connectivity index (χ4v) is 5.99. The number of rotatable bonds is 6. The molecule has 7 nitrogen and oxygen atoms in total. The van der Waals surface area contributed by atoms with Gasteiger partial charge in [-0.05, 0) is 63.2 Å². The Morgan fingerprint density at radius 3 is 2.04 bits per heavy atom. The molecule has 0 aromatic rings. The Hall–Kier alpha value is -1.15. The van der Waals surface area contributed by atoms with Crippen LogP contribution in [0, 0.1) is 11.8 Å². The summed E-state index contributed by atoms with van der Waals surface area (Å²) >= 11 is 0. The average Bonchev–Trinajstić information content (AvgIpc) is 3.18. The molecular weight excluding hydrogens is 378 g/mol. The lowest BCUT2D eigenvalue weighted by molar-refractivity contribution is -0.132. The van der Waals surface area contributed by atoms with Crippen LogP contribution in [0.2, 0.25) is 0 Å². The molecule has 2 amide bonds. The van der Waals surface area contributed by atoms with E-state index in [2.05, 4.69) is 11.6 Å². The highest BCUT2D eigenvalue weighted by Gasteiger charge is 2.30. The Morgan fingerprint density at radius 2 is 1.43 bits per heavy atom. The van der Waals surface area contributed by atoms with Crippen molar-refractivity contribution in [2.24, 2.45) is 11.8 Å². The first-order valence-corrected chi connectivity index (χ1v) is 12.5. The third-order valence-electron chi connectivity index (χ3n) is 6.56. The zero-order valence-electron chi connectivity index (χ0n) is 17.1. The molecule has 2 heterocycles. The van der Waals surface area contributed by atoms with E-state index in [1.54, 1.807) is 4.90 Å². The van der Waals surface area contributed by atoms with Gasteiger partial charge < -0.3 is 9.80 Å². The number of nitrogens with zero attached hydrogens (tertiary/aromatic N) is 2. The van der Waals surface area contributed by atoms with Crippen molar-refractivity contribution in [3.05, 3.63) is 0 Å². The van der Waals surface area contributed by atoms with E-state index in [0.717, 1.165) is 64.5 Å². The molecule has 0 radical (unpaired) electrons. The van der Waals surface area contributed by atoms with Crippen LogP contribution < -0.4 is 4.72 Å². The van der Waals surface area contributed by atoms with Crippen LogP contribution in [0.1, 0.15) is 64.7 Å². The van der Waals surface area contributed by atoms with Crippen LogP contribution in [0.3, 0.4) is 0 Å². The van der Waals surface area contributed by atoms with Crippen LogP contribution in [0.25, 0.3) is 0 Å². The van der Waals surface area contributed by atoms with Gasteiger partial charge in [0.25, 0.3) is 0 Å². The van der Waals surface area contributed by atoms with Gasteiger partial charge in [-0.25, -0.2) is 13.1 Å². The third kappa shape index (κ3) is 6.17. The molecule has 1 saturated carbocycles. The molecule has 28 heavy (non-hydrogen) atoms. The lowest BCUT2D eigenvalue weighted by Crippen LogP contribution is -2.46. The number of carbonyl (C=O) groups excluding carboxylic acids is 2. The normalized spacial score (nSPS) is 27.2. The van der Waals surface area contributed by atoms with Crippen LogP contribution in [-0.4, -0.2) is 68.0 Å². The third-order valence-corrected chi connectivity index (χ3v) is 7.88. The monoisotopic (exact) mass is 413 g/mol. The molecule has 0 aromatic carbocycles. The van der Waals surface area contributed by atoms with E-state index in [1.165, 1.54) is 0 Å². The highest BCUT2D eigenvalue weighted by Crippen LogP contribution is 2.25. The van der Waals surface area contributed by atoms with E-state index in [4.69, 9.17) is 0 Å². The fourth-order valence-electron chi connectivity index (χ4n) is 4.66. The van der Waals surface area contributed by atoms with Crippen LogP contribution in [0.4, 0.5) is 0 Å². The largest absolute Gasteiger partial charge is 0.343 e. The molecule has 2 saturated heterocycles. The Morgan fingerprint density at radius 1 is 0.857 bits per heavy atom. The summed E-state index contributed by atoms with van der Waals surface area (Å²) in [5.41, 5.74) is 0. The lowest BCUT2D eigenvalue weighted by atomic mass is 9.88. The molecular formula is C20H35N3O4S. The molecule has 0 spiro atoms. The maximum atomic E-state index is 12.5. The molecule has 1 aliphatic carbocycles. The zero-order valence-corrected chi connectivity index (χ0v) is 17.9. The summed E-state index contributed by atoms with van der Waals surface area (Å²) in [6, 6.07) is -0.0312. The van der Waals surface area contributed by atoms with E-state index in [0.29, 0.717) is 31.3 Å². The van der Waals surface area contributed by atoms with Crippen LogP contribution >= 0.6 is 0 Å². The SMILES string of the molecule is CC1CCC(NS(=O)(=O)CC(=O)N2CCC(CC(=O)N3CCCC3)CC2)CC1. The molecule has 0 aromatic heterocycles. The summed E-state index contributed by atoms with van der Waals surface area (Å²) in [6.45, 7) is 5.04. The van der Waals surface area contributed by atoms with Gasteiger partial charge >= 0.3 is 0 Å². The summed E-state index contributed by atoms with van der Waals surface area (Å²) < 4.78 is 27.5. The van der Waals surface area contributed by atoms with Crippen LogP contribution in [0.5, 0.6) is 0 Å². The number of likely N-dealkylation sites (tertiary alicyclic amines) is 2. The van der Waals surface area contributed by atoms with Gasteiger partial charge in [-0.15, -0.1) is 0 Å². The van der Waals surface area contributed by atoms with Crippen molar-refractivity contribution in [3.63, 3.8) is 0 Å². The molecule has 0 bridgehead atoms. The summed E-state index contributed by atoms with van der Waals surface area (Å²) in [5.74, 6) is 0.408. The number of amides is 2. The van der Waals surface area contributed by atoms with Gasteiger partial charge in [0.05, 0.1) is 0 Å². The summed E-state index contributed by atoms with van der Waals surface area (Å²) in [4.78, 5) is 28.4. The van der Waals surface area contributed by atoms with Gasteiger partial charge in [0.15, 0.2) is 0 Å². The number of nitrogens with one attached hydrogen (secondary N) is 1. The fraction of sp³-hybridized carbons (Fsp3) is 0.900. The first-order chi connectivity index (χ1) is 13.3. The second-order valence-electron chi connectivity index (χ2n) is 8.95. The molecule has 3 rings (SSSR count). The van der Waals surface area contributed by atoms with E-state index >= 15 is 0 Å². The van der Waals surface area contributed by atoms with Crippen molar-refractivity contribution in [2.75, 3.05) is 31.9 Å². The minimum Gasteiger partial charge on any atom is -0.343 e. The smallest absolute Gasteiger partial charge is 0.239 e. The minimum atomic E-state index is -3.59. The predicted molar refractivity (Wildman–Crippen MR) is 108 cm³/mol. The molecule has 1 N–H and O–H groups in total. The predicted octanol–water partition coefficient (Wildman–Crippen LogP) is 1.74. The molecule has 160 valence electrons. The summed E-state index contributed by atoms with van der Waals surface area (Å²) in [6.07, 6.45) is 8.08.